The summed E-state index contributed by atoms with van der Waals surface area (Å²) in [6, 6.07) is 16.4. The first-order chi connectivity index (χ1) is 13.8. The van der Waals surface area contributed by atoms with Crippen LogP contribution >= 0.6 is 0 Å². The summed E-state index contributed by atoms with van der Waals surface area (Å²) in [4.78, 5) is 17.8. The molecule has 2 N–H and O–H groups in total. The maximum absolute atomic E-state index is 4.65. The lowest BCUT2D eigenvalue weighted by Gasteiger charge is -2.14. The second-order valence-electron chi connectivity index (χ2n) is 6.60. The Morgan fingerprint density at radius 1 is 0.964 bits per heavy atom. The van der Waals surface area contributed by atoms with Crippen molar-refractivity contribution in [3.8, 4) is 11.3 Å². The summed E-state index contributed by atoms with van der Waals surface area (Å²) in [5.41, 5.74) is 4.59. The number of aromatic amines is 1. The zero-order valence-electron chi connectivity index (χ0n) is 15.2. The number of rotatable bonds is 4. The predicted molar refractivity (Wildman–Crippen MR) is 109 cm³/mol. The Kier molecular flexibility index (Phi) is 3.90. The number of anilines is 1. The van der Waals surface area contributed by atoms with Crippen LogP contribution in [0.25, 0.3) is 33.2 Å². The minimum absolute atomic E-state index is 0.119. The van der Waals surface area contributed by atoms with Gasteiger partial charge in [0.05, 0.1) is 28.8 Å². The standard InChI is InChI=1S/C21H17N7/c1-13(14-5-3-2-4-6-14)26-21-22-10-16-9-15(7-8-18(16)27-21)19-17-11-25-28-20(17)24-12-23-19/h2-13H,1H3,(H,22,26,27)(H,23,24,25,28)/t13-/m1/s1. The Morgan fingerprint density at radius 2 is 1.86 bits per heavy atom. The van der Waals surface area contributed by atoms with Gasteiger partial charge in [-0.05, 0) is 24.6 Å². The van der Waals surface area contributed by atoms with Crippen LogP contribution in [-0.2, 0) is 0 Å². The molecule has 0 fully saturated rings. The van der Waals surface area contributed by atoms with Gasteiger partial charge in [-0.2, -0.15) is 5.10 Å². The average molecular weight is 367 g/mol. The number of nitrogens with one attached hydrogen (secondary N) is 2. The number of hydrogen-bond acceptors (Lipinski definition) is 6. The molecule has 0 unspecified atom stereocenters. The van der Waals surface area contributed by atoms with E-state index in [1.54, 1.807) is 6.20 Å². The minimum atomic E-state index is 0.119. The molecule has 0 saturated heterocycles. The van der Waals surface area contributed by atoms with E-state index >= 15 is 0 Å². The van der Waals surface area contributed by atoms with E-state index in [0.717, 1.165) is 33.2 Å². The SMILES string of the molecule is C[C@@H](Nc1ncc2cc(-c3ncnc4[nH]ncc34)ccc2n1)c1ccccc1. The zero-order valence-corrected chi connectivity index (χ0v) is 15.2. The number of aromatic nitrogens is 6. The molecule has 0 aliphatic carbocycles. The quantitative estimate of drug-likeness (QED) is 0.496. The van der Waals surface area contributed by atoms with E-state index in [1.807, 2.05) is 42.6 Å². The highest BCUT2D eigenvalue weighted by atomic mass is 15.1. The summed E-state index contributed by atoms with van der Waals surface area (Å²) in [5, 5.41) is 12.1. The monoisotopic (exact) mass is 367 g/mol. The van der Waals surface area contributed by atoms with Crippen molar-refractivity contribution in [2.45, 2.75) is 13.0 Å². The van der Waals surface area contributed by atoms with E-state index in [2.05, 4.69) is 54.5 Å². The first-order valence-electron chi connectivity index (χ1n) is 9.01. The smallest absolute Gasteiger partial charge is 0.223 e. The number of hydrogen-bond donors (Lipinski definition) is 2. The fourth-order valence-electron chi connectivity index (χ4n) is 3.26. The van der Waals surface area contributed by atoms with Crippen molar-refractivity contribution in [2.24, 2.45) is 0 Å². The first kappa shape index (κ1) is 16.3. The second-order valence-corrected chi connectivity index (χ2v) is 6.60. The summed E-state index contributed by atoms with van der Waals surface area (Å²) in [5.74, 6) is 0.607. The maximum Gasteiger partial charge on any atom is 0.223 e. The molecule has 5 rings (SSSR count). The molecule has 28 heavy (non-hydrogen) atoms. The molecule has 1 atom stereocenters. The van der Waals surface area contributed by atoms with Crippen LogP contribution in [0, 0.1) is 0 Å². The molecular weight excluding hydrogens is 350 g/mol. The summed E-state index contributed by atoms with van der Waals surface area (Å²) < 4.78 is 0. The van der Waals surface area contributed by atoms with Crippen molar-refractivity contribution in [2.75, 3.05) is 5.32 Å². The molecule has 136 valence electrons. The van der Waals surface area contributed by atoms with Gasteiger partial charge in [-0.3, -0.25) is 5.10 Å². The summed E-state index contributed by atoms with van der Waals surface area (Å²) >= 11 is 0. The molecule has 0 amide bonds. The Labute approximate surface area is 160 Å². The number of fused-ring (bicyclic) bond motifs is 2. The van der Waals surface area contributed by atoms with Gasteiger partial charge in [0.2, 0.25) is 5.95 Å². The van der Waals surface area contributed by atoms with E-state index < -0.39 is 0 Å². The van der Waals surface area contributed by atoms with Gasteiger partial charge in [-0.15, -0.1) is 0 Å². The summed E-state index contributed by atoms with van der Waals surface area (Å²) in [6.07, 6.45) is 5.11. The average Bonchev–Trinajstić information content (AvgIpc) is 3.23. The minimum Gasteiger partial charge on any atom is -0.348 e. The molecular formula is C21H17N7. The van der Waals surface area contributed by atoms with E-state index in [9.17, 15) is 0 Å². The third-order valence-corrected chi connectivity index (χ3v) is 4.75. The van der Waals surface area contributed by atoms with Crippen molar-refractivity contribution in [1.29, 1.82) is 0 Å². The van der Waals surface area contributed by atoms with Gasteiger partial charge >= 0.3 is 0 Å². The fourth-order valence-corrected chi connectivity index (χ4v) is 3.26. The van der Waals surface area contributed by atoms with Crippen molar-refractivity contribution in [3.63, 3.8) is 0 Å². The highest BCUT2D eigenvalue weighted by Gasteiger charge is 2.11. The van der Waals surface area contributed by atoms with E-state index in [0.29, 0.717) is 5.95 Å². The normalized spacial score (nSPS) is 12.3. The zero-order chi connectivity index (χ0) is 18.9. The van der Waals surface area contributed by atoms with Crippen LogP contribution in [-0.4, -0.2) is 30.1 Å². The van der Waals surface area contributed by atoms with Gasteiger partial charge in [0.1, 0.15) is 6.33 Å². The van der Waals surface area contributed by atoms with Gasteiger partial charge in [-0.1, -0.05) is 36.4 Å². The summed E-state index contributed by atoms with van der Waals surface area (Å²) in [7, 11) is 0. The molecule has 7 heteroatoms. The van der Waals surface area contributed by atoms with Crippen LogP contribution in [0.3, 0.4) is 0 Å². The van der Waals surface area contributed by atoms with Crippen LogP contribution in [0.1, 0.15) is 18.5 Å². The van der Waals surface area contributed by atoms with Crippen LogP contribution in [0.15, 0.2) is 67.3 Å². The molecule has 3 heterocycles. The van der Waals surface area contributed by atoms with Crippen LogP contribution < -0.4 is 5.32 Å². The number of benzene rings is 2. The van der Waals surface area contributed by atoms with Crippen molar-refractivity contribution >= 4 is 27.9 Å². The Balaban J connectivity index is 1.47. The first-order valence-corrected chi connectivity index (χ1v) is 9.01. The lowest BCUT2D eigenvalue weighted by molar-refractivity contribution is 0.864. The molecule has 0 saturated carbocycles. The highest BCUT2D eigenvalue weighted by Crippen LogP contribution is 2.27. The molecule has 3 aromatic heterocycles. The molecule has 0 spiro atoms. The van der Waals surface area contributed by atoms with Crippen LogP contribution in [0.5, 0.6) is 0 Å². The summed E-state index contributed by atoms with van der Waals surface area (Å²) in [6.45, 7) is 2.09. The Hall–Kier alpha value is -3.87. The third-order valence-electron chi connectivity index (χ3n) is 4.75. The van der Waals surface area contributed by atoms with Gasteiger partial charge in [0.25, 0.3) is 0 Å². The lowest BCUT2D eigenvalue weighted by Crippen LogP contribution is -2.09. The number of H-pyrrole nitrogens is 1. The van der Waals surface area contributed by atoms with Crippen molar-refractivity contribution < 1.29 is 0 Å². The molecule has 5 aromatic rings. The van der Waals surface area contributed by atoms with Gasteiger partial charge in [0.15, 0.2) is 5.65 Å². The highest BCUT2D eigenvalue weighted by molar-refractivity contribution is 5.93. The Bertz CT molecular complexity index is 1260. The maximum atomic E-state index is 4.65. The third kappa shape index (κ3) is 2.92. The van der Waals surface area contributed by atoms with Crippen LogP contribution in [0.4, 0.5) is 5.95 Å². The van der Waals surface area contributed by atoms with Crippen molar-refractivity contribution in [1.82, 2.24) is 30.1 Å². The van der Waals surface area contributed by atoms with Gasteiger partial charge in [0, 0.05) is 17.1 Å². The fraction of sp³-hybridized carbons (Fsp3) is 0.0952. The lowest BCUT2D eigenvalue weighted by atomic mass is 10.1. The Morgan fingerprint density at radius 3 is 2.75 bits per heavy atom. The molecule has 0 radical (unpaired) electrons. The second kappa shape index (κ2) is 6.70. The topological polar surface area (TPSA) is 92.3 Å². The molecule has 2 aromatic carbocycles. The molecule has 0 aliphatic heterocycles. The predicted octanol–water partition coefficient (Wildman–Crippen LogP) is 4.14. The molecule has 0 bridgehead atoms. The van der Waals surface area contributed by atoms with E-state index in [-0.39, 0.29) is 6.04 Å². The molecule has 0 aliphatic rings. The van der Waals surface area contributed by atoms with E-state index in [1.165, 1.54) is 11.9 Å². The largest absolute Gasteiger partial charge is 0.348 e. The van der Waals surface area contributed by atoms with Gasteiger partial charge < -0.3 is 5.32 Å². The van der Waals surface area contributed by atoms with E-state index in [4.69, 9.17) is 0 Å². The van der Waals surface area contributed by atoms with Crippen LogP contribution in [0.2, 0.25) is 0 Å². The number of nitrogens with zero attached hydrogens (tertiary/aromatic N) is 5. The molecule has 7 nitrogen and oxygen atoms in total. The van der Waals surface area contributed by atoms with Crippen molar-refractivity contribution in [3.05, 3.63) is 72.8 Å². The van der Waals surface area contributed by atoms with Gasteiger partial charge in [-0.25, -0.2) is 19.9 Å².